The van der Waals surface area contributed by atoms with Gasteiger partial charge in [-0.2, -0.15) is 27.1 Å². The van der Waals surface area contributed by atoms with Crippen LogP contribution in [0.2, 0.25) is 0 Å². The summed E-state index contributed by atoms with van der Waals surface area (Å²) in [5.74, 6) is -1.16. The van der Waals surface area contributed by atoms with Gasteiger partial charge in [0.15, 0.2) is 5.75 Å². The first kappa shape index (κ1) is 28.2. The van der Waals surface area contributed by atoms with Crippen molar-refractivity contribution >= 4 is 71.0 Å². The Kier molecular flexibility index (Phi) is 7.61. The number of rotatable bonds is 7. The molecule has 6 N–H and O–H groups in total. The van der Waals surface area contributed by atoms with Gasteiger partial charge in [0.25, 0.3) is 20.2 Å². The van der Waals surface area contributed by atoms with Crippen molar-refractivity contribution in [3.63, 3.8) is 0 Å². The number of carbonyl (C=O) groups excluding carboxylic acids is 1. The molecule has 0 heterocycles. The summed E-state index contributed by atoms with van der Waals surface area (Å²) < 4.78 is 68.3. The van der Waals surface area contributed by atoms with E-state index in [1.54, 1.807) is 30.3 Å². The highest BCUT2D eigenvalue weighted by molar-refractivity contribution is 7.86. The minimum absolute atomic E-state index is 0.207. The summed E-state index contributed by atoms with van der Waals surface area (Å²) in [4.78, 5) is 9.45. The second kappa shape index (κ2) is 10.8. The fourth-order valence-electron chi connectivity index (χ4n) is 3.63. The number of azo groups is 2. The minimum atomic E-state index is -5.02. The average molecular weight is 585 g/mol. The molecule has 0 radical (unpaired) electrons. The summed E-state index contributed by atoms with van der Waals surface area (Å²) >= 11 is 0. The number of carbonyl (C=O) groups is 1. The van der Waals surface area contributed by atoms with Crippen LogP contribution in [0.3, 0.4) is 0 Å². The third kappa shape index (κ3) is 6.10. The summed E-state index contributed by atoms with van der Waals surface area (Å²) in [5.41, 5.74) is 5.39. The summed E-state index contributed by atoms with van der Waals surface area (Å²) in [7, 11) is -10.0. The molecular formula is C24H20N6O8S2. The number of anilines is 2. The molecule has 40 heavy (non-hydrogen) atoms. The highest BCUT2D eigenvalue weighted by atomic mass is 32.2. The number of amides is 1. The Balaban J connectivity index is 1.94. The van der Waals surface area contributed by atoms with Gasteiger partial charge in [-0.1, -0.05) is 18.2 Å². The molecule has 14 nitrogen and oxygen atoms in total. The number of nitrogen functional groups attached to an aromatic ring is 1. The molecule has 0 spiro atoms. The van der Waals surface area contributed by atoms with Crippen molar-refractivity contribution < 1.29 is 35.8 Å². The first-order valence-corrected chi connectivity index (χ1v) is 14.0. The van der Waals surface area contributed by atoms with Crippen LogP contribution in [0.15, 0.2) is 97.0 Å². The van der Waals surface area contributed by atoms with Crippen LogP contribution < -0.4 is 11.1 Å². The van der Waals surface area contributed by atoms with Crippen molar-refractivity contribution in [2.45, 2.75) is 16.7 Å². The molecule has 4 aromatic rings. The Morgan fingerprint density at radius 1 is 0.775 bits per heavy atom. The summed E-state index contributed by atoms with van der Waals surface area (Å²) in [6, 6.07) is 15.6. The summed E-state index contributed by atoms with van der Waals surface area (Å²) in [5, 5.41) is 28.5. The third-order valence-electron chi connectivity index (χ3n) is 5.34. The van der Waals surface area contributed by atoms with Crippen LogP contribution in [0.4, 0.5) is 34.1 Å². The Hall–Kier alpha value is -4.77. The van der Waals surface area contributed by atoms with Crippen molar-refractivity contribution in [2.75, 3.05) is 11.1 Å². The zero-order valence-corrected chi connectivity index (χ0v) is 22.0. The maximum absolute atomic E-state index is 12.2. The Bertz CT molecular complexity index is 1910. The van der Waals surface area contributed by atoms with E-state index in [4.69, 9.17) is 5.73 Å². The number of nitrogens with two attached hydrogens (primary N) is 1. The molecule has 0 bridgehead atoms. The van der Waals surface area contributed by atoms with Crippen LogP contribution in [-0.2, 0) is 25.0 Å². The van der Waals surface area contributed by atoms with E-state index in [0.717, 1.165) is 12.1 Å². The Labute approximate surface area is 227 Å². The van der Waals surface area contributed by atoms with Gasteiger partial charge in [0.2, 0.25) is 5.91 Å². The average Bonchev–Trinajstić information content (AvgIpc) is 2.87. The van der Waals surface area contributed by atoms with Gasteiger partial charge in [-0.05, 0) is 53.9 Å². The van der Waals surface area contributed by atoms with Crippen LogP contribution >= 0.6 is 0 Å². The highest BCUT2D eigenvalue weighted by Crippen LogP contribution is 2.48. The summed E-state index contributed by atoms with van der Waals surface area (Å²) in [6.07, 6.45) is 0. The summed E-state index contributed by atoms with van der Waals surface area (Å²) in [6.45, 7) is 1.33. The molecule has 0 saturated heterocycles. The fraction of sp³-hybridized carbons (Fsp3) is 0.0417. The van der Waals surface area contributed by atoms with Gasteiger partial charge < -0.3 is 16.2 Å². The lowest BCUT2D eigenvalue weighted by molar-refractivity contribution is -0.114. The molecule has 4 aromatic carbocycles. The number of aromatic hydroxyl groups is 1. The number of phenolic OH excluding ortho intramolecular Hbond substituents is 1. The molecule has 16 heteroatoms. The lowest BCUT2D eigenvalue weighted by Gasteiger charge is -2.14. The first-order chi connectivity index (χ1) is 18.8. The number of fused-ring (bicyclic) bond motifs is 1. The second-order valence-corrected chi connectivity index (χ2v) is 11.0. The van der Waals surface area contributed by atoms with Crippen molar-refractivity contribution in [3.05, 3.63) is 66.7 Å². The van der Waals surface area contributed by atoms with E-state index in [1.165, 1.54) is 31.2 Å². The standard InChI is InChI=1S/C24H20N6O8S2/c1-13(31)26-15-7-9-17(10-8-15)28-29-22-18(39(33,34)35)11-14-12-19(40(36,37)38)23(24(32)20(14)21(22)25)30-27-16-5-3-2-4-6-16/h2-12,32H,25H2,1H3,(H,26,31)(H,33,34,35)(H,36,37,38). The zero-order valence-electron chi connectivity index (χ0n) is 20.4. The predicted molar refractivity (Wildman–Crippen MR) is 145 cm³/mol. The van der Waals surface area contributed by atoms with Gasteiger partial charge in [0.05, 0.1) is 22.4 Å². The number of nitrogens with one attached hydrogen (secondary N) is 1. The van der Waals surface area contributed by atoms with Gasteiger partial charge in [0, 0.05) is 12.6 Å². The SMILES string of the molecule is CC(=O)Nc1ccc(N=Nc2c(S(=O)(=O)O)cc3cc(S(=O)(=O)O)c(N=Nc4ccccc4)c(O)c3c2N)cc1. The van der Waals surface area contributed by atoms with Crippen LogP contribution in [0.25, 0.3) is 10.8 Å². The smallest absolute Gasteiger partial charge is 0.296 e. The molecule has 0 fully saturated rings. The maximum Gasteiger partial charge on any atom is 0.296 e. The second-order valence-electron chi connectivity index (χ2n) is 8.22. The molecule has 4 rings (SSSR count). The minimum Gasteiger partial charge on any atom is -0.505 e. The van der Waals surface area contributed by atoms with E-state index in [1.807, 2.05) is 0 Å². The van der Waals surface area contributed by atoms with Gasteiger partial charge in [-0.25, -0.2) is 0 Å². The van der Waals surface area contributed by atoms with E-state index >= 15 is 0 Å². The van der Waals surface area contributed by atoms with E-state index in [2.05, 4.69) is 25.8 Å². The number of benzene rings is 4. The number of hydrogen-bond donors (Lipinski definition) is 5. The lowest BCUT2D eigenvalue weighted by atomic mass is 10.1. The molecule has 0 aromatic heterocycles. The van der Waals surface area contributed by atoms with Crippen molar-refractivity contribution in [1.29, 1.82) is 0 Å². The molecule has 0 saturated carbocycles. The van der Waals surface area contributed by atoms with Crippen LogP contribution in [-0.4, -0.2) is 37.0 Å². The quantitative estimate of drug-likeness (QED) is 0.106. The normalized spacial score (nSPS) is 12.4. The Morgan fingerprint density at radius 3 is 1.80 bits per heavy atom. The van der Waals surface area contributed by atoms with Crippen molar-refractivity contribution in [1.82, 2.24) is 0 Å². The van der Waals surface area contributed by atoms with Gasteiger partial charge >= 0.3 is 0 Å². The van der Waals surface area contributed by atoms with E-state index < -0.39 is 52.8 Å². The number of phenols is 1. The molecule has 206 valence electrons. The van der Waals surface area contributed by atoms with Crippen molar-refractivity contribution in [2.24, 2.45) is 20.5 Å². The molecule has 0 atom stereocenters. The molecule has 0 aliphatic carbocycles. The zero-order chi connectivity index (χ0) is 29.2. The fourth-order valence-corrected chi connectivity index (χ4v) is 4.96. The highest BCUT2D eigenvalue weighted by Gasteiger charge is 2.28. The third-order valence-corrected chi connectivity index (χ3v) is 7.08. The predicted octanol–water partition coefficient (Wildman–Crippen LogP) is 5.41. The van der Waals surface area contributed by atoms with Crippen LogP contribution in [0, 0.1) is 0 Å². The van der Waals surface area contributed by atoms with E-state index in [0.29, 0.717) is 5.69 Å². The molecule has 0 unspecified atom stereocenters. The van der Waals surface area contributed by atoms with Gasteiger partial charge in [0.1, 0.15) is 21.2 Å². The number of nitrogens with zero attached hydrogens (tertiary/aromatic N) is 4. The van der Waals surface area contributed by atoms with E-state index in [9.17, 15) is 35.8 Å². The van der Waals surface area contributed by atoms with Crippen LogP contribution in [0.1, 0.15) is 6.92 Å². The monoisotopic (exact) mass is 584 g/mol. The Morgan fingerprint density at radius 2 is 1.27 bits per heavy atom. The van der Waals surface area contributed by atoms with Crippen molar-refractivity contribution in [3.8, 4) is 5.75 Å². The molecule has 0 aliphatic heterocycles. The molecule has 0 aliphatic rings. The van der Waals surface area contributed by atoms with Crippen LogP contribution in [0.5, 0.6) is 5.75 Å². The largest absolute Gasteiger partial charge is 0.505 e. The first-order valence-electron chi connectivity index (χ1n) is 11.1. The van der Waals surface area contributed by atoms with E-state index in [-0.39, 0.29) is 28.1 Å². The van der Waals surface area contributed by atoms with Gasteiger partial charge in [-0.3, -0.25) is 13.9 Å². The molecule has 1 amide bonds. The molecular weight excluding hydrogens is 564 g/mol. The number of hydrogen-bond acceptors (Lipinski definition) is 11. The van der Waals surface area contributed by atoms with Gasteiger partial charge in [-0.15, -0.1) is 10.2 Å². The lowest BCUT2D eigenvalue weighted by Crippen LogP contribution is -2.04. The maximum atomic E-state index is 12.2. The topological polar surface area (TPSA) is 234 Å².